The minimum Gasteiger partial charge on any atom is -0.464 e. The monoisotopic (exact) mass is 343 g/mol. The molecule has 3 nitrogen and oxygen atoms in total. The summed E-state index contributed by atoms with van der Waals surface area (Å²) in [7, 11) is 0. The zero-order valence-corrected chi connectivity index (χ0v) is 13.6. The molecular weight excluding hydrogens is 329 g/mol. The Kier molecular flexibility index (Phi) is 3.77. The quantitative estimate of drug-likeness (QED) is 0.735. The SMILES string of the molecule is O=C(Cc1coc2cc3c(cc12)CCC3)Nc1ccc(F)cc1Cl. The summed E-state index contributed by atoms with van der Waals surface area (Å²) in [5, 5.41) is 3.87. The number of anilines is 1. The molecule has 1 aliphatic rings. The lowest BCUT2D eigenvalue weighted by atomic mass is 10.0. The van der Waals surface area contributed by atoms with Crippen LogP contribution in [0.15, 0.2) is 41.0 Å². The van der Waals surface area contributed by atoms with Crippen molar-refractivity contribution in [1.82, 2.24) is 0 Å². The van der Waals surface area contributed by atoms with Crippen molar-refractivity contribution < 1.29 is 13.6 Å². The Hall–Kier alpha value is -2.33. The molecule has 1 aromatic heterocycles. The van der Waals surface area contributed by atoms with Crippen LogP contribution in [0.3, 0.4) is 0 Å². The molecule has 0 unspecified atom stereocenters. The number of carbonyl (C=O) groups is 1. The first-order valence-corrected chi connectivity index (χ1v) is 8.25. The third-order valence-corrected chi connectivity index (χ3v) is 4.74. The smallest absolute Gasteiger partial charge is 0.228 e. The molecule has 24 heavy (non-hydrogen) atoms. The Morgan fingerprint density at radius 2 is 2.00 bits per heavy atom. The van der Waals surface area contributed by atoms with Gasteiger partial charge in [-0.3, -0.25) is 4.79 Å². The van der Waals surface area contributed by atoms with Crippen LogP contribution in [0.4, 0.5) is 10.1 Å². The van der Waals surface area contributed by atoms with Gasteiger partial charge in [0.05, 0.1) is 23.4 Å². The van der Waals surface area contributed by atoms with Crippen LogP contribution in [0.5, 0.6) is 0 Å². The Bertz CT molecular complexity index is 948. The molecule has 0 radical (unpaired) electrons. The van der Waals surface area contributed by atoms with Crippen LogP contribution in [0, 0.1) is 5.82 Å². The minimum atomic E-state index is -0.437. The molecule has 0 fully saturated rings. The lowest BCUT2D eigenvalue weighted by molar-refractivity contribution is -0.115. The van der Waals surface area contributed by atoms with E-state index in [0.29, 0.717) is 5.69 Å². The van der Waals surface area contributed by atoms with Gasteiger partial charge >= 0.3 is 0 Å². The zero-order chi connectivity index (χ0) is 16.7. The molecule has 0 saturated heterocycles. The van der Waals surface area contributed by atoms with Gasteiger partial charge in [0.25, 0.3) is 0 Å². The fourth-order valence-corrected chi connectivity index (χ4v) is 3.46. The molecular formula is C19H15ClFNO2. The fraction of sp³-hybridized carbons (Fsp3) is 0.211. The number of halogens is 2. The normalized spacial score (nSPS) is 13.2. The molecule has 0 aliphatic heterocycles. The van der Waals surface area contributed by atoms with E-state index in [2.05, 4.69) is 17.4 Å². The highest BCUT2D eigenvalue weighted by molar-refractivity contribution is 6.33. The maximum Gasteiger partial charge on any atom is 0.228 e. The van der Waals surface area contributed by atoms with Crippen LogP contribution >= 0.6 is 11.6 Å². The number of aryl methyl sites for hydroxylation is 2. The molecule has 1 aliphatic carbocycles. The van der Waals surface area contributed by atoms with Gasteiger partial charge in [0, 0.05) is 10.9 Å². The zero-order valence-electron chi connectivity index (χ0n) is 12.9. The standard InChI is InChI=1S/C19H15ClFNO2/c20-16-9-14(21)4-5-17(16)22-19(23)8-13-10-24-18-7-12-3-1-2-11(12)6-15(13)18/h4-7,9-10H,1-3,8H2,(H,22,23). The second kappa shape index (κ2) is 5.95. The van der Waals surface area contributed by atoms with Crippen LogP contribution in [0.25, 0.3) is 11.0 Å². The molecule has 1 N–H and O–H groups in total. The highest BCUT2D eigenvalue weighted by Gasteiger charge is 2.17. The first kappa shape index (κ1) is 15.2. The van der Waals surface area contributed by atoms with Crippen molar-refractivity contribution in [1.29, 1.82) is 0 Å². The summed E-state index contributed by atoms with van der Waals surface area (Å²) in [5.74, 6) is -0.653. The van der Waals surface area contributed by atoms with Gasteiger partial charge in [0.2, 0.25) is 5.91 Å². The highest BCUT2D eigenvalue weighted by Crippen LogP contribution is 2.31. The Morgan fingerprint density at radius 3 is 2.79 bits per heavy atom. The molecule has 4 rings (SSSR count). The Labute approximate surface area is 143 Å². The van der Waals surface area contributed by atoms with Crippen molar-refractivity contribution in [2.75, 3.05) is 5.32 Å². The average Bonchev–Trinajstić information content (AvgIpc) is 3.15. The van der Waals surface area contributed by atoms with E-state index in [9.17, 15) is 9.18 Å². The van der Waals surface area contributed by atoms with E-state index in [4.69, 9.17) is 16.0 Å². The van der Waals surface area contributed by atoms with Crippen molar-refractivity contribution in [2.24, 2.45) is 0 Å². The summed E-state index contributed by atoms with van der Waals surface area (Å²) < 4.78 is 18.7. The maximum absolute atomic E-state index is 13.1. The van der Waals surface area contributed by atoms with Crippen LogP contribution < -0.4 is 5.32 Å². The molecule has 3 aromatic rings. The molecule has 1 amide bonds. The number of rotatable bonds is 3. The molecule has 0 bridgehead atoms. The van der Waals surface area contributed by atoms with Crippen LogP contribution in [-0.2, 0) is 24.1 Å². The molecule has 5 heteroatoms. The number of carbonyl (C=O) groups excluding carboxylic acids is 1. The van der Waals surface area contributed by atoms with Crippen molar-refractivity contribution in [3.05, 3.63) is 64.1 Å². The van der Waals surface area contributed by atoms with Crippen LogP contribution in [0.2, 0.25) is 5.02 Å². The highest BCUT2D eigenvalue weighted by atomic mass is 35.5. The summed E-state index contributed by atoms with van der Waals surface area (Å²) in [4.78, 5) is 12.3. The minimum absolute atomic E-state index is 0.179. The number of fused-ring (bicyclic) bond motifs is 2. The number of hydrogen-bond donors (Lipinski definition) is 1. The fourth-order valence-electron chi connectivity index (χ4n) is 3.24. The third-order valence-electron chi connectivity index (χ3n) is 4.42. The van der Waals surface area contributed by atoms with E-state index >= 15 is 0 Å². The number of hydrogen-bond acceptors (Lipinski definition) is 2. The summed E-state index contributed by atoms with van der Waals surface area (Å²) >= 11 is 5.94. The maximum atomic E-state index is 13.1. The third kappa shape index (κ3) is 2.78. The van der Waals surface area contributed by atoms with Crippen LogP contribution in [0.1, 0.15) is 23.1 Å². The van der Waals surface area contributed by atoms with E-state index in [0.717, 1.165) is 29.4 Å². The van der Waals surface area contributed by atoms with Gasteiger partial charge in [0.15, 0.2) is 0 Å². The number of benzene rings is 2. The van der Waals surface area contributed by atoms with Crippen molar-refractivity contribution >= 4 is 34.2 Å². The van der Waals surface area contributed by atoms with Crippen molar-refractivity contribution in [3.63, 3.8) is 0 Å². The van der Waals surface area contributed by atoms with E-state index in [1.54, 1.807) is 6.26 Å². The molecule has 2 aromatic carbocycles. The Morgan fingerprint density at radius 1 is 1.21 bits per heavy atom. The van der Waals surface area contributed by atoms with Gasteiger partial charge in [-0.25, -0.2) is 4.39 Å². The first-order chi connectivity index (χ1) is 11.6. The molecule has 1 heterocycles. The number of amides is 1. The summed E-state index contributed by atoms with van der Waals surface area (Å²) in [6, 6.07) is 8.10. The van der Waals surface area contributed by atoms with Gasteiger partial charge in [0.1, 0.15) is 11.4 Å². The second-order valence-corrected chi connectivity index (χ2v) is 6.49. The predicted octanol–water partition coefficient (Wildman–Crippen LogP) is 4.90. The topological polar surface area (TPSA) is 42.2 Å². The van der Waals surface area contributed by atoms with E-state index in [1.165, 1.54) is 35.7 Å². The molecule has 0 saturated carbocycles. The Balaban J connectivity index is 1.56. The van der Waals surface area contributed by atoms with Crippen molar-refractivity contribution in [2.45, 2.75) is 25.7 Å². The molecule has 0 atom stereocenters. The average molecular weight is 344 g/mol. The second-order valence-electron chi connectivity index (χ2n) is 6.08. The molecule has 0 spiro atoms. The summed E-state index contributed by atoms with van der Waals surface area (Å²) in [6.45, 7) is 0. The lowest BCUT2D eigenvalue weighted by Crippen LogP contribution is -2.14. The largest absolute Gasteiger partial charge is 0.464 e. The van der Waals surface area contributed by atoms with Gasteiger partial charge in [-0.05, 0) is 60.7 Å². The van der Waals surface area contributed by atoms with Gasteiger partial charge in [-0.2, -0.15) is 0 Å². The summed E-state index contributed by atoms with van der Waals surface area (Å²) in [5.41, 5.74) is 4.74. The summed E-state index contributed by atoms with van der Waals surface area (Å²) in [6.07, 6.45) is 5.14. The van der Waals surface area contributed by atoms with Crippen molar-refractivity contribution in [3.8, 4) is 0 Å². The van der Waals surface area contributed by atoms with Crippen LogP contribution in [-0.4, -0.2) is 5.91 Å². The number of furan rings is 1. The lowest BCUT2D eigenvalue weighted by Gasteiger charge is -2.07. The van der Waals surface area contributed by atoms with Gasteiger partial charge < -0.3 is 9.73 Å². The van der Waals surface area contributed by atoms with Gasteiger partial charge in [-0.1, -0.05) is 11.6 Å². The van der Waals surface area contributed by atoms with E-state index < -0.39 is 5.82 Å². The molecule has 122 valence electrons. The van der Waals surface area contributed by atoms with Gasteiger partial charge in [-0.15, -0.1) is 0 Å². The van der Waals surface area contributed by atoms with E-state index in [-0.39, 0.29) is 17.4 Å². The predicted molar refractivity (Wildman–Crippen MR) is 92.0 cm³/mol. The number of nitrogens with one attached hydrogen (secondary N) is 1. The first-order valence-electron chi connectivity index (χ1n) is 7.87. The van der Waals surface area contributed by atoms with E-state index in [1.807, 2.05) is 0 Å².